The van der Waals surface area contributed by atoms with E-state index in [0.717, 1.165) is 63.4 Å². The first-order chi connectivity index (χ1) is 33.3. The van der Waals surface area contributed by atoms with Gasteiger partial charge in [-0.05, 0) is 106 Å². The first-order valence-corrected chi connectivity index (χ1v) is 25.5. The summed E-state index contributed by atoms with van der Waals surface area (Å²) in [5.74, 6) is 0.941. The molecule has 27 atom stereocenters. The lowest BCUT2D eigenvalue weighted by Crippen LogP contribution is -2.65. The second-order valence-corrected chi connectivity index (χ2v) is 22.3. The lowest BCUT2D eigenvalue weighted by atomic mass is 9.43. The molecule has 9 rings (SSSR count). The van der Waals surface area contributed by atoms with Gasteiger partial charge in [0.1, 0.15) is 79.9 Å². The molecule has 0 spiro atoms. The van der Waals surface area contributed by atoms with Gasteiger partial charge in [-0.3, -0.25) is 0 Å². The number of hydrogen-bond donors (Lipinski definition) is 9. The van der Waals surface area contributed by atoms with E-state index in [1.807, 2.05) is 6.92 Å². The van der Waals surface area contributed by atoms with Gasteiger partial charge < -0.3 is 98.1 Å². The van der Waals surface area contributed by atoms with E-state index in [9.17, 15) is 50.8 Å². The van der Waals surface area contributed by atoms with Crippen molar-refractivity contribution >= 4 is 5.97 Å². The summed E-state index contributed by atoms with van der Waals surface area (Å²) in [4.78, 5) is 12.0. The molecule has 0 aromatic heterocycles. The Bertz CT molecular complexity index is 1840. The quantitative estimate of drug-likeness (QED) is 0.0814. The number of cyclic esters (lactones) is 1. The maximum Gasteiger partial charge on any atom is 0.331 e. The summed E-state index contributed by atoms with van der Waals surface area (Å²) >= 11 is 0. The Balaban J connectivity index is 0.777. The largest absolute Gasteiger partial charge is 0.458 e. The smallest absolute Gasteiger partial charge is 0.331 e. The van der Waals surface area contributed by atoms with Crippen molar-refractivity contribution in [2.45, 2.75) is 220 Å². The maximum absolute atomic E-state index is 12.7. The third-order valence-electron chi connectivity index (χ3n) is 18.8. The van der Waals surface area contributed by atoms with Gasteiger partial charge in [-0.2, -0.15) is 0 Å². The summed E-state index contributed by atoms with van der Waals surface area (Å²) in [7, 11) is 2.94. The Kier molecular flexibility index (Phi) is 15.9. The van der Waals surface area contributed by atoms with Crippen LogP contribution in [0.25, 0.3) is 0 Å². The van der Waals surface area contributed by atoms with Crippen molar-refractivity contribution in [2.75, 3.05) is 34.0 Å². The first-order valence-electron chi connectivity index (χ1n) is 25.5. The van der Waals surface area contributed by atoms with Crippen molar-refractivity contribution in [3.63, 3.8) is 0 Å². The second kappa shape index (κ2) is 20.9. The fourth-order valence-corrected chi connectivity index (χ4v) is 14.7. The monoisotopic (exact) mass is 1000 g/mol. The number of carbonyl (C=O) groups excluding carboxylic acids is 1. The maximum atomic E-state index is 12.7. The van der Waals surface area contributed by atoms with E-state index in [2.05, 4.69) is 13.8 Å². The molecule has 4 saturated heterocycles. The van der Waals surface area contributed by atoms with Crippen LogP contribution in [0.15, 0.2) is 11.6 Å². The van der Waals surface area contributed by atoms with Gasteiger partial charge >= 0.3 is 5.97 Å². The van der Waals surface area contributed by atoms with Crippen LogP contribution in [-0.2, 0) is 56.9 Å². The normalized spacial score (nSPS) is 53.9. The molecule has 8 fully saturated rings. The van der Waals surface area contributed by atoms with E-state index in [1.54, 1.807) is 20.1 Å². The summed E-state index contributed by atoms with van der Waals surface area (Å²) in [6.07, 6.45) is -13.9. The lowest BCUT2D eigenvalue weighted by molar-refractivity contribution is -0.374. The van der Waals surface area contributed by atoms with Crippen molar-refractivity contribution in [3.05, 3.63) is 11.6 Å². The van der Waals surface area contributed by atoms with Crippen LogP contribution in [0.2, 0.25) is 0 Å². The summed E-state index contributed by atoms with van der Waals surface area (Å²) in [5.41, 5.74) is 0.0579. The van der Waals surface area contributed by atoms with Gasteiger partial charge in [-0.25, -0.2) is 4.79 Å². The molecule has 0 bridgehead atoms. The molecule has 5 heterocycles. The summed E-state index contributed by atoms with van der Waals surface area (Å²) in [5, 5.41) is 97.0. The fourth-order valence-electron chi connectivity index (χ4n) is 14.7. The highest BCUT2D eigenvalue weighted by Gasteiger charge is 2.68. The van der Waals surface area contributed by atoms with E-state index in [1.165, 1.54) is 7.11 Å². The Morgan fingerprint density at radius 2 is 1.33 bits per heavy atom. The van der Waals surface area contributed by atoms with Gasteiger partial charge in [0, 0.05) is 32.1 Å². The molecule has 0 amide bonds. The standard InChI is InChI=1S/C49H78O21/c1-21-41(69-46-40(58)43(61-6)42(22(2)65-46)70-45-39(57)37(55)35(53)31(68-45)20-63-44-38(56)36(54)34(52)30(18-50)67-44)29(60-5)17-33(64-21)66-25-9-12-47(3)24(16-25)7-8-28-27(47)10-13-48(4)26(11-14-49(28,48)59)23-15-32(51)62-19-23/h15,21-22,24-31,33-46,50,52-59H,7-14,16-20H2,1-6H3/t21-,22-,24-,25+,26-,27+,28-,29+,30-,31-,33+,34-,35-,36+,37+,38-,39-,40-,41-,42+,43-,44-,45+,46+,47+,48-,49+/m1/s1. The molecule has 4 aliphatic carbocycles. The molecule has 0 radical (unpaired) electrons. The van der Waals surface area contributed by atoms with Crippen LogP contribution in [0.1, 0.15) is 91.9 Å². The summed E-state index contributed by atoms with van der Waals surface area (Å²) in [6, 6.07) is 0. The average Bonchev–Trinajstić information content (AvgIpc) is 3.89. The van der Waals surface area contributed by atoms with E-state index >= 15 is 0 Å². The van der Waals surface area contributed by atoms with Crippen molar-refractivity contribution in [2.24, 2.45) is 34.5 Å². The third-order valence-corrected chi connectivity index (χ3v) is 18.8. The average molecular weight is 1000 g/mol. The topological polar surface area (TPSA) is 301 Å². The van der Waals surface area contributed by atoms with Gasteiger partial charge in [0.15, 0.2) is 25.2 Å². The van der Waals surface area contributed by atoms with Crippen LogP contribution in [0.4, 0.5) is 0 Å². The number of aliphatic hydroxyl groups excluding tert-OH is 8. The number of fused-ring (bicyclic) bond motifs is 5. The van der Waals surface area contributed by atoms with E-state index < -0.39 is 136 Å². The van der Waals surface area contributed by atoms with Crippen LogP contribution in [0, 0.1) is 34.5 Å². The first kappa shape index (κ1) is 53.3. The highest BCUT2D eigenvalue weighted by atomic mass is 16.8. The van der Waals surface area contributed by atoms with Gasteiger partial charge in [0.2, 0.25) is 0 Å². The number of aliphatic hydroxyl groups is 9. The summed E-state index contributed by atoms with van der Waals surface area (Å²) < 4.78 is 65.7. The van der Waals surface area contributed by atoms with Crippen LogP contribution in [0.3, 0.4) is 0 Å². The zero-order valence-corrected chi connectivity index (χ0v) is 41.1. The number of methoxy groups -OCH3 is 2. The molecular weight excluding hydrogens is 925 g/mol. The van der Waals surface area contributed by atoms with Gasteiger partial charge in [0.05, 0.1) is 43.2 Å². The number of ether oxygens (including phenoxy) is 11. The van der Waals surface area contributed by atoms with Crippen molar-refractivity contribution in [1.29, 1.82) is 0 Å². The van der Waals surface area contributed by atoms with Crippen LogP contribution < -0.4 is 0 Å². The highest BCUT2D eigenvalue weighted by molar-refractivity contribution is 5.85. The van der Waals surface area contributed by atoms with E-state index in [4.69, 9.17) is 52.1 Å². The predicted molar refractivity (Wildman–Crippen MR) is 238 cm³/mol. The Morgan fingerprint density at radius 3 is 2.01 bits per heavy atom. The van der Waals surface area contributed by atoms with E-state index in [-0.39, 0.29) is 34.7 Å². The number of carbonyl (C=O) groups is 1. The molecule has 70 heavy (non-hydrogen) atoms. The Labute approximate surface area is 408 Å². The molecule has 9 aliphatic rings. The number of esters is 1. The molecule has 0 aromatic carbocycles. The minimum absolute atomic E-state index is 0.0218. The Morgan fingerprint density at radius 1 is 0.657 bits per heavy atom. The van der Waals surface area contributed by atoms with Crippen LogP contribution >= 0.6 is 0 Å². The highest BCUT2D eigenvalue weighted by Crippen LogP contribution is 2.70. The van der Waals surface area contributed by atoms with Crippen molar-refractivity contribution in [1.82, 2.24) is 0 Å². The van der Waals surface area contributed by atoms with Crippen LogP contribution in [0.5, 0.6) is 0 Å². The molecule has 4 saturated carbocycles. The molecule has 9 N–H and O–H groups in total. The molecular formula is C49H78O21. The van der Waals surface area contributed by atoms with E-state index in [0.29, 0.717) is 24.9 Å². The molecule has 5 aliphatic heterocycles. The third kappa shape index (κ3) is 9.35. The predicted octanol–water partition coefficient (Wildman–Crippen LogP) is -0.706. The van der Waals surface area contributed by atoms with Crippen molar-refractivity contribution in [3.8, 4) is 0 Å². The minimum Gasteiger partial charge on any atom is -0.458 e. The lowest BCUT2D eigenvalue weighted by Gasteiger charge is -2.64. The zero-order valence-electron chi connectivity index (χ0n) is 41.1. The zero-order chi connectivity index (χ0) is 50.2. The SMILES string of the molecule is CO[C@@H]1[C@@H](O)[C@H](O[C@H]2[C@@H](OC)C[C@H](O[C@H]3CC[C@@]4(C)[C@H](CC[C@@H]5[C@@H]4CC[C@]4(C)[C@@H](C6=CC(=O)OC6)CC[C@]54O)C3)O[C@@H]2C)O[C@H](C)[C@@H]1O[C@@H]1O[C@H](CO[C@@H]2O[C@H](CO)[C@@H](O)[C@H](O)[C@H]2O)[C@@H](O)[C@H](O)[C@H]1O. The molecule has 21 heteroatoms. The molecule has 21 nitrogen and oxygen atoms in total. The minimum atomic E-state index is -1.80. The van der Waals surface area contributed by atoms with Crippen molar-refractivity contribution < 1.29 is 103 Å². The molecule has 400 valence electrons. The van der Waals surface area contributed by atoms with Gasteiger partial charge in [-0.15, -0.1) is 0 Å². The van der Waals surface area contributed by atoms with Gasteiger partial charge in [-0.1, -0.05) is 13.8 Å². The molecule has 0 aromatic rings. The number of rotatable bonds is 13. The van der Waals surface area contributed by atoms with Crippen LogP contribution in [-0.4, -0.2) is 214 Å². The Hall–Kier alpha value is -1.55. The summed E-state index contributed by atoms with van der Waals surface area (Å²) in [6.45, 7) is 7.29. The fraction of sp³-hybridized carbons (Fsp3) is 0.939. The molecule has 0 unspecified atom stereocenters. The van der Waals surface area contributed by atoms with Gasteiger partial charge in [0.25, 0.3) is 0 Å². The number of hydrogen-bond acceptors (Lipinski definition) is 21. The second-order valence-electron chi connectivity index (χ2n) is 22.3.